The lowest BCUT2D eigenvalue weighted by Gasteiger charge is -2.21. The summed E-state index contributed by atoms with van der Waals surface area (Å²) in [5, 5.41) is 10.7. The van der Waals surface area contributed by atoms with Crippen molar-refractivity contribution < 1.29 is 19.1 Å². The largest absolute Gasteiger partial charge is 0.383 e. The number of carbonyl (C=O) groups excluding carboxylic acids is 2. The Balaban J connectivity index is 1.59. The van der Waals surface area contributed by atoms with Gasteiger partial charge in [-0.2, -0.15) is 5.10 Å². The van der Waals surface area contributed by atoms with Gasteiger partial charge < -0.3 is 20.5 Å². The maximum atomic E-state index is 12.7. The summed E-state index contributed by atoms with van der Waals surface area (Å²) in [7, 11) is 0. The van der Waals surface area contributed by atoms with Gasteiger partial charge in [0.05, 0.1) is 38.0 Å². The highest BCUT2D eigenvalue weighted by Crippen LogP contribution is 2.19. The van der Waals surface area contributed by atoms with Crippen molar-refractivity contribution in [2.75, 3.05) is 44.8 Å². The van der Waals surface area contributed by atoms with Crippen molar-refractivity contribution >= 4 is 28.3 Å². The van der Waals surface area contributed by atoms with E-state index in [1.807, 2.05) is 6.07 Å². The van der Waals surface area contributed by atoms with Crippen molar-refractivity contribution in [3.8, 4) is 0 Å². The third kappa shape index (κ3) is 5.37. The molecule has 156 valence electrons. The van der Waals surface area contributed by atoms with Crippen LogP contribution in [0.3, 0.4) is 0 Å². The van der Waals surface area contributed by atoms with Crippen LogP contribution < -0.4 is 21.9 Å². The van der Waals surface area contributed by atoms with E-state index < -0.39 is 11.9 Å². The molecule has 1 aromatic carbocycles. The van der Waals surface area contributed by atoms with Gasteiger partial charge in [0.15, 0.2) is 0 Å². The molecule has 0 spiro atoms. The first-order chi connectivity index (χ1) is 14.1. The molecular formula is C19H25N5O5. The van der Waals surface area contributed by atoms with Crippen LogP contribution in [0.2, 0.25) is 0 Å². The van der Waals surface area contributed by atoms with Crippen LogP contribution >= 0.6 is 0 Å². The van der Waals surface area contributed by atoms with Gasteiger partial charge in [-0.3, -0.25) is 19.7 Å². The van der Waals surface area contributed by atoms with Crippen LogP contribution in [0.15, 0.2) is 29.2 Å². The van der Waals surface area contributed by atoms with E-state index >= 15 is 0 Å². The first-order valence-electron chi connectivity index (χ1n) is 9.55. The van der Waals surface area contributed by atoms with Gasteiger partial charge in [-0.1, -0.05) is 0 Å². The van der Waals surface area contributed by atoms with Crippen LogP contribution in [0.5, 0.6) is 0 Å². The van der Waals surface area contributed by atoms with Gasteiger partial charge in [-0.25, -0.2) is 4.68 Å². The van der Waals surface area contributed by atoms with E-state index in [2.05, 4.69) is 15.7 Å². The minimum absolute atomic E-state index is 0.187. The topological polar surface area (TPSA) is 138 Å². The number of imide groups is 1. The lowest BCUT2D eigenvalue weighted by molar-refractivity contribution is -0.136. The minimum atomic E-state index is -0.770. The van der Waals surface area contributed by atoms with E-state index in [9.17, 15) is 14.4 Å². The second-order valence-corrected chi connectivity index (χ2v) is 6.60. The van der Waals surface area contributed by atoms with Crippen LogP contribution in [-0.2, 0) is 19.1 Å². The monoisotopic (exact) mass is 403 g/mol. The predicted molar refractivity (Wildman–Crippen MR) is 107 cm³/mol. The lowest BCUT2D eigenvalue weighted by atomic mass is 10.1. The molecule has 0 saturated carbocycles. The number of hydrogen-bond acceptors (Lipinski definition) is 8. The summed E-state index contributed by atoms with van der Waals surface area (Å²) in [5.74, 6) is -0.829. The van der Waals surface area contributed by atoms with Crippen molar-refractivity contribution in [1.29, 1.82) is 0 Å². The molecule has 2 amide bonds. The summed E-state index contributed by atoms with van der Waals surface area (Å²) < 4.78 is 11.8. The van der Waals surface area contributed by atoms with Gasteiger partial charge in [-0.05, 0) is 24.6 Å². The molecule has 10 nitrogen and oxygen atoms in total. The maximum absolute atomic E-state index is 12.7. The number of nitrogens with two attached hydrogens (primary N) is 1. The van der Waals surface area contributed by atoms with Crippen LogP contribution in [0, 0.1) is 0 Å². The molecule has 4 N–H and O–H groups in total. The average Bonchev–Trinajstić information content (AvgIpc) is 2.71. The number of nitrogens with zero attached hydrogens (tertiary/aromatic N) is 2. The molecule has 2 aromatic rings. The third-order valence-electron chi connectivity index (χ3n) is 4.53. The zero-order valence-electron chi connectivity index (χ0n) is 16.1. The Hall–Kier alpha value is -2.82. The number of benzene rings is 1. The Morgan fingerprint density at radius 2 is 1.97 bits per heavy atom. The van der Waals surface area contributed by atoms with Crippen molar-refractivity contribution in [2.45, 2.75) is 18.9 Å². The Morgan fingerprint density at radius 1 is 1.17 bits per heavy atom. The fraction of sp³-hybridized carbons (Fsp3) is 0.474. The lowest BCUT2D eigenvalue weighted by Crippen LogP contribution is -2.45. The minimum Gasteiger partial charge on any atom is -0.383 e. The molecule has 2 heterocycles. The van der Waals surface area contributed by atoms with Crippen molar-refractivity contribution in [3.63, 3.8) is 0 Å². The molecule has 0 bridgehead atoms. The molecule has 1 aliphatic rings. The van der Waals surface area contributed by atoms with Crippen molar-refractivity contribution in [1.82, 2.24) is 15.1 Å². The number of nitrogens with one attached hydrogen (secondary N) is 2. The molecular weight excluding hydrogens is 378 g/mol. The van der Waals surface area contributed by atoms with Gasteiger partial charge in [0.25, 0.3) is 11.5 Å². The molecule has 3 rings (SSSR count). The van der Waals surface area contributed by atoms with E-state index in [1.54, 1.807) is 18.3 Å². The van der Waals surface area contributed by atoms with E-state index in [4.69, 9.17) is 15.2 Å². The number of rotatable bonds is 10. The van der Waals surface area contributed by atoms with Crippen molar-refractivity contribution in [2.24, 2.45) is 5.73 Å². The normalized spacial score (nSPS) is 16.8. The molecule has 29 heavy (non-hydrogen) atoms. The number of hydrogen-bond donors (Lipinski definition) is 3. The van der Waals surface area contributed by atoms with E-state index in [1.165, 1.54) is 0 Å². The zero-order chi connectivity index (χ0) is 20.6. The molecule has 1 aliphatic heterocycles. The Bertz CT molecular complexity index is 929. The van der Waals surface area contributed by atoms with Gasteiger partial charge in [-0.15, -0.1) is 0 Å². The van der Waals surface area contributed by atoms with Crippen LogP contribution in [-0.4, -0.2) is 61.1 Å². The third-order valence-corrected chi connectivity index (χ3v) is 4.53. The molecule has 1 saturated heterocycles. The second kappa shape index (κ2) is 10.1. The number of aromatic nitrogens is 2. The van der Waals surface area contributed by atoms with Crippen LogP contribution in [0.1, 0.15) is 18.9 Å². The summed E-state index contributed by atoms with van der Waals surface area (Å²) in [6.45, 7) is 3.15. The molecule has 0 aliphatic carbocycles. The Labute approximate surface area is 167 Å². The SMILES string of the molecule is NCCOCCOCCNc1ccc2c(=O)n(C3CCC(=O)NC3=O)ncc2c1. The molecule has 1 aromatic heterocycles. The summed E-state index contributed by atoms with van der Waals surface area (Å²) in [6, 6.07) is 4.55. The van der Waals surface area contributed by atoms with E-state index in [0.29, 0.717) is 50.3 Å². The Morgan fingerprint density at radius 3 is 2.72 bits per heavy atom. The summed E-state index contributed by atoms with van der Waals surface area (Å²) >= 11 is 0. The number of fused-ring (bicyclic) bond motifs is 1. The first kappa shape index (κ1) is 20.9. The number of anilines is 1. The fourth-order valence-corrected chi connectivity index (χ4v) is 3.08. The van der Waals surface area contributed by atoms with Gasteiger partial charge in [0.1, 0.15) is 6.04 Å². The molecule has 0 radical (unpaired) electrons. The number of piperidine rings is 1. The summed E-state index contributed by atoms with van der Waals surface area (Å²) in [5.41, 5.74) is 5.81. The highest BCUT2D eigenvalue weighted by molar-refractivity contribution is 5.99. The first-order valence-corrected chi connectivity index (χ1v) is 9.55. The quantitative estimate of drug-likeness (QED) is 0.366. The summed E-state index contributed by atoms with van der Waals surface area (Å²) in [4.78, 5) is 36.1. The molecule has 1 unspecified atom stereocenters. The molecule has 1 atom stereocenters. The number of carbonyl (C=O) groups is 2. The van der Waals surface area contributed by atoms with E-state index in [0.717, 1.165) is 10.4 Å². The summed E-state index contributed by atoms with van der Waals surface area (Å²) in [6.07, 6.45) is 2.00. The zero-order valence-corrected chi connectivity index (χ0v) is 16.1. The molecule has 1 fully saturated rings. The highest BCUT2D eigenvalue weighted by atomic mass is 16.5. The predicted octanol–water partition coefficient (Wildman–Crippen LogP) is -0.222. The second-order valence-electron chi connectivity index (χ2n) is 6.60. The Kier molecular flexibility index (Phi) is 7.28. The molecule has 10 heteroatoms. The van der Waals surface area contributed by atoms with Gasteiger partial charge in [0.2, 0.25) is 5.91 Å². The maximum Gasteiger partial charge on any atom is 0.275 e. The average molecular weight is 403 g/mol. The van der Waals surface area contributed by atoms with Crippen LogP contribution in [0.4, 0.5) is 5.69 Å². The number of ether oxygens (including phenoxy) is 2. The van der Waals surface area contributed by atoms with Gasteiger partial charge >= 0.3 is 0 Å². The van der Waals surface area contributed by atoms with Crippen molar-refractivity contribution in [3.05, 3.63) is 34.7 Å². The van der Waals surface area contributed by atoms with Gasteiger partial charge in [0, 0.05) is 30.6 Å². The van der Waals surface area contributed by atoms with Crippen LogP contribution in [0.25, 0.3) is 10.8 Å². The fourth-order valence-electron chi connectivity index (χ4n) is 3.08. The number of amides is 2. The van der Waals surface area contributed by atoms with E-state index in [-0.39, 0.29) is 24.3 Å². The standard InChI is InChI=1S/C19H25N5O5/c20-5-7-28-9-10-29-8-6-21-14-1-2-15-13(11-14)12-22-24(19(15)27)16-3-4-17(25)23-18(16)26/h1-2,11-12,16,21H,3-10,20H2,(H,23,25,26). The highest BCUT2D eigenvalue weighted by Gasteiger charge is 2.29. The smallest absolute Gasteiger partial charge is 0.275 e.